The van der Waals surface area contributed by atoms with E-state index in [4.69, 9.17) is 9.47 Å². The molecule has 2 fully saturated rings. The summed E-state index contributed by atoms with van der Waals surface area (Å²) in [6.45, 7) is 4.06. The molecular weight excluding hydrogens is 356 g/mol. The fourth-order valence-electron chi connectivity index (χ4n) is 3.97. The second-order valence-corrected chi connectivity index (χ2v) is 7.83. The molecule has 5 heteroatoms. The zero-order valence-corrected chi connectivity index (χ0v) is 16.4. The van der Waals surface area contributed by atoms with Crippen LogP contribution in [0.4, 0.5) is 0 Å². The van der Waals surface area contributed by atoms with Crippen molar-refractivity contribution in [2.45, 2.75) is 57.8 Å². The van der Waals surface area contributed by atoms with Crippen LogP contribution in [0.5, 0.6) is 0 Å². The minimum Gasteiger partial charge on any atom is -0.462 e. The topological polar surface area (TPSA) is 72.8 Å². The first-order valence-electron chi connectivity index (χ1n) is 9.89. The maximum Gasteiger partial charge on any atom is 0.338 e. The van der Waals surface area contributed by atoms with Crippen molar-refractivity contribution in [3.8, 4) is 0 Å². The van der Waals surface area contributed by atoms with Gasteiger partial charge in [-0.1, -0.05) is 42.0 Å². The first-order valence-corrected chi connectivity index (χ1v) is 9.89. The van der Waals surface area contributed by atoms with Crippen LogP contribution in [-0.2, 0) is 14.3 Å². The van der Waals surface area contributed by atoms with Crippen molar-refractivity contribution in [2.24, 2.45) is 11.8 Å². The average molecular weight is 384 g/mol. The average Bonchev–Trinajstić information content (AvgIpc) is 3.16. The molecule has 1 aliphatic heterocycles. The molecule has 0 bridgehead atoms. The summed E-state index contributed by atoms with van der Waals surface area (Å²) in [5.41, 5.74) is 1.73. The van der Waals surface area contributed by atoms with Gasteiger partial charge in [0.25, 0.3) is 0 Å². The van der Waals surface area contributed by atoms with Gasteiger partial charge in [0, 0.05) is 18.3 Å². The zero-order valence-electron chi connectivity index (χ0n) is 16.4. The fraction of sp³-hybridized carbons (Fsp3) is 0.478. The summed E-state index contributed by atoms with van der Waals surface area (Å²) in [6.07, 6.45) is 6.86. The van der Waals surface area contributed by atoms with Crippen LogP contribution in [0.25, 0.3) is 0 Å². The molecular formula is C23H28O5. The lowest BCUT2D eigenvalue weighted by Crippen LogP contribution is -2.25. The summed E-state index contributed by atoms with van der Waals surface area (Å²) in [4.78, 5) is 24.1. The quantitative estimate of drug-likeness (QED) is 0.571. The van der Waals surface area contributed by atoms with Gasteiger partial charge in [0.15, 0.2) is 0 Å². The number of ether oxygens (including phenoxy) is 2. The Kier molecular flexibility index (Phi) is 6.68. The lowest BCUT2D eigenvalue weighted by molar-refractivity contribution is -0.141. The molecule has 1 saturated heterocycles. The number of aliphatic hydroxyl groups is 1. The summed E-state index contributed by atoms with van der Waals surface area (Å²) in [5, 5.41) is 10.2. The van der Waals surface area contributed by atoms with Gasteiger partial charge in [0.1, 0.15) is 12.2 Å². The van der Waals surface area contributed by atoms with Gasteiger partial charge < -0.3 is 14.6 Å². The molecule has 150 valence electrons. The number of allylic oxidation sites excluding steroid dienone is 2. The second-order valence-electron chi connectivity index (χ2n) is 7.83. The summed E-state index contributed by atoms with van der Waals surface area (Å²) in [6, 6.07) is 8.87. The largest absolute Gasteiger partial charge is 0.462 e. The van der Waals surface area contributed by atoms with Crippen LogP contribution in [0.15, 0.2) is 54.1 Å². The third kappa shape index (κ3) is 5.10. The predicted octanol–water partition coefficient (Wildman–Crippen LogP) is 3.83. The molecule has 0 aromatic heterocycles. The van der Waals surface area contributed by atoms with E-state index in [1.807, 2.05) is 26.0 Å². The van der Waals surface area contributed by atoms with Gasteiger partial charge in [-0.3, -0.25) is 4.79 Å². The molecule has 5 atom stereocenters. The number of aliphatic hydroxyl groups excluding tert-OH is 1. The number of hydrogen-bond donors (Lipinski definition) is 1. The monoisotopic (exact) mass is 384 g/mol. The van der Waals surface area contributed by atoms with Crippen molar-refractivity contribution in [1.29, 1.82) is 0 Å². The van der Waals surface area contributed by atoms with Crippen LogP contribution in [0.2, 0.25) is 0 Å². The van der Waals surface area contributed by atoms with E-state index >= 15 is 0 Å². The zero-order chi connectivity index (χ0) is 20.1. The molecule has 1 aliphatic carbocycles. The minimum absolute atomic E-state index is 0.0118. The lowest BCUT2D eigenvalue weighted by atomic mass is 9.91. The molecule has 5 nitrogen and oxygen atoms in total. The van der Waals surface area contributed by atoms with Gasteiger partial charge in [0.05, 0.1) is 18.1 Å². The van der Waals surface area contributed by atoms with Crippen molar-refractivity contribution in [3.05, 3.63) is 59.7 Å². The summed E-state index contributed by atoms with van der Waals surface area (Å²) < 4.78 is 11.2. The molecule has 2 aliphatic rings. The Morgan fingerprint density at radius 1 is 1.32 bits per heavy atom. The van der Waals surface area contributed by atoms with Gasteiger partial charge in [-0.2, -0.15) is 0 Å². The molecule has 1 aromatic carbocycles. The Bertz CT molecular complexity index is 748. The van der Waals surface area contributed by atoms with Crippen LogP contribution in [0.1, 0.15) is 49.9 Å². The minimum atomic E-state index is -0.571. The summed E-state index contributed by atoms with van der Waals surface area (Å²) >= 11 is 0. The summed E-state index contributed by atoms with van der Waals surface area (Å²) in [7, 11) is 0. The molecule has 0 unspecified atom stereocenters. The van der Waals surface area contributed by atoms with E-state index < -0.39 is 6.10 Å². The molecule has 1 saturated carbocycles. The molecule has 0 spiro atoms. The SMILES string of the molecule is CC(C)=CCC[C@H](O)/C=C/[C@@H]1[C@H]2CC(=O)O[C@H]2C[C@H]1OC(=O)c1ccccc1. The highest BCUT2D eigenvalue weighted by Crippen LogP contribution is 2.43. The number of carbonyl (C=O) groups is 2. The van der Waals surface area contributed by atoms with Crippen LogP contribution in [-0.4, -0.2) is 35.4 Å². The number of carbonyl (C=O) groups excluding carboxylic acids is 2. The molecule has 1 aromatic rings. The number of fused-ring (bicyclic) bond motifs is 1. The van der Waals surface area contributed by atoms with E-state index in [1.54, 1.807) is 30.3 Å². The highest BCUT2D eigenvalue weighted by molar-refractivity contribution is 5.89. The van der Waals surface area contributed by atoms with Crippen LogP contribution in [0.3, 0.4) is 0 Å². The predicted molar refractivity (Wildman–Crippen MR) is 106 cm³/mol. The van der Waals surface area contributed by atoms with Gasteiger partial charge in [-0.05, 0) is 38.8 Å². The molecule has 0 radical (unpaired) electrons. The Morgan fingerprint density at radius 2 is 2.07 bits per heavy atom. The van der Waals surface area contributed by atoms with Gasteiger partial charge in [0.2, 0.25) is 0 Å². The van der Waals surface area contributed by atoms with Crippen molar-refractivity contribution < 1.29 is 24.2 Å². The Labute approximate surface area is 166 Å². The van der Waals surface area contributed by atoms with Crippen LogP contribution < -0.4 is 0 Å². The lowest BCUT2D eigenvalue weighted by Gasteiger charge is -2.20. The van der Waals surface area contributed by atoms with E-state index in [-0.39, 0.29) is 36.0 Å². The van der Waals surface area contributed by atoms with Crippen LogP contribution in [0, 0.1) is 11.8 Å². The highest BCUT2D eigenvalue weighted by atomic mass is 16.6. The van der Waals surface area contributed by atoms with E-state index in [0.717, 1.165) is 6.42 Å². The third-order valence-corrected chi connectivity index (χ3v) is 5.39. The normalized spacial score (nSPS) is 27.3. The maximum absolute atomic E-state index is 12.5. The van der Waals surface area contributed by atoms with Crippen molar-refractivity contribution in [3.63, 3.8) is 0 Å². The van der Waals surface area contributed by atoms with Gasteiger partial charge in [-0.15, -0.1) is 0 Å². The first-order chi connectivity index (χ1) is 13.4. The second kappa shape index (κ2) is 9.20. The number of esters is 2. The molecule has 1 N–H and O–H groups in total. The molecule has 0 amide bonds. The highest BCUT2D eigenvalue weighted by Gasteiger charge is 2.50. The Hall–Kier alpha value is -2.40. The van der Waals surface area contributed by atoms with E-state index in [0.29, 0.717) is 24.8 Å². The molecule has 28 heavy (non-hydrogen) atoms. The fourth-order valence-corrected chi connectivity index (χ4v) is 3.97. The Balaban J connectivity index is 1.67. The number of benzene rings is 1. The number of hydrogen-bond acceptors (Lipinski definition) is 5. The molecule has 1 heterocycles. The van der Waals surface area contributed by atoms with Gasteiger partial charge >= 0.3 is 11.9 Å². The standard InChI is InChI=1S/C23H28O5/c1-15(2)7-6-10-17(24)11-12-18-19-13-22(25)27-21(19)14-20(18)28-23(26)16-8-4-3-5-9-16/h3-5,7-9,11-12,17-21,24H,6,10,13-14H2,1-2H3/b12-11+/t17-,18+,19+,20+,21-/m0/s1. The van der Waals surface area contributed by atoms with E-state index in [1.165, 1.54) is 5.57 Å². The Morgan fingerprint density at radius 3 is 2.79 bits per heavy atom. The summed E-state index contributed by atoms with van der Waals surface area (Å²) in [5.74, 6) is -0.728. The first kappa shape index (κ1) is 20.3. The smallest absolute Gasteiger partial charge is 0.338 e. The maximum atomic E-state index is 12.5. The van der Waals surface area contributed by atoms with Crippen molar-refractivity contribution >= 4 is 11.9 Å². The molecule has 3 rings (SSSR count). The van der Waals surface area contributed by atoms with Gasteiger partial charge in [-0.25, -0.2) is 4.79 Å². The number of rotatable bonds is 7. The van der Waals surface area contributed by atoms with Crippen molar-refractivity contribution in [1.82, 2.24) is 0 Å². The third-order valence-electron chi connectivity index (χ3n) is 5.39. The van der Waals surface area contributed by atoms with E-state index in [2.05, 4.69) is 6.08 Å². The van der Waals surface area contributed by atoms with E-state index in [9.17, 15) is 14.7 Å². The van der Waals surface area contributed by atoms with Crippen molar-refractivity contribution in [2.75, 3.05) is 0 Å². The van der Waals surface area contributed by atoms with Crippen LogP contribution >= 0.6 is 0 Å².